The molecule has 3 N–H and O–H groups in total. The molecule has 0 radical (unpaired) electrons. The van der Waals surface area contributed by atoms with Crippen molar-refractivity contribution in [3.8, 4) is 0 Å². The number of nitrogens with zero attached hydrogens (tertiary/aromatic N) is 4. The largest absolute Gasteiger partial charge is 0.369 e. The Hall–Kier alpha value is -3.07. The second kappa shape index (κ2) is 10.7. The Kier molecular flexibility index (Phi) is 7.49. The molecule has 33 heavy (non-hydrogen) atoms. The molecule has 8 nitrogen and oxygen atoms in total. The zero-order chi connectivity index (χ0) is 23.2. The summed E-state index contributed by atoms with van der Waals surface area (Å²) in [6.45, 7) is 4.16. The van der Waals surface area contributed by atoms with E-state index in [-0.39, 0.29) is 11.8 Å². The van der Waals surface area contributed by atoms with Crippen LogP contribution in [0.5, 0.6) is 0 Å². The molecule has 2 heterocycles. The van der Waals surface area contributed by atoms with E-state index in [0.717, 1.165) is 31.9 Å². The zero-order valence-corrected chi connectivity index (χ0v) is 19.7. The van der Waals surface area contributed by atoms with Crippen LogP contribution in [0.15, 0.2) is 54.7 Å². The Morgan fingerprint density at radius 2 is 1.70 bits per heavy atom. The average molecular weight is 486 g/mol. The van der Waals surface area contributed by atoms with E-state index in [0.29, 0.717) is 28.2 Å². The van der Waals surface area contributed by atoms with Crippen molar-refractivity contribution in [2.75, 3.05) is 60.0 Å². The van der Waals surface area contributed by atoms with Crippen LogP contribution in [0.3, 0.4) is 0 Å². The summed E-state index contributed by atoms with van der Waals surface area (Å²) in [5.74, 6) is 0.374. The van der Waals surface area contributed by atoms with Crippen LogP contribution in [-0.2, 0) is 4.79 Å². The van der Waals surface area contributed by atoms with Gasteiger partial charge in [0.25, 0.3) is 0 Å². The smallest absolute Gasteiger partial charge is 0.239 e. The molecule has 1 aliphatic rings. The van der Waals surface area contributed by atoms with Gasteiger partial charge < -0.3 is 25.8 Å². The Labute approximate surface area is 202 Å². The summed E-state index contributed by atoms with van der Waals surface area (Å²) in [6, 6.07) is 15.4. The molecule has 0 spiro atoms. The van der Waals surface area contributed by atoms with E-state index in [1.807, 2.05) is 30.3 Å². The second-order valence-electron chi connectivity index (χ2n) is 7.70. The van der Waals surface area contributed by atoms with Crippen molar-refractivity contribution in [2.45, 2.75) is 0 Å². The van der Waals surface area contributed by atoms with Gasteiger partial charge >= 0.3 is 0 Å². The molecule has 0 unspecified atom stereocenters. The van der Waals surface area contributed by atoms with Gasteiger partial charge in [-0.3, -0.25) is 4.79 Å². The lowest BCUT2D eigenvalue weighted by Crippen LogP contribution is -2.44. The number of alkyl halides is 1. The second-order valence-corrected chi connectivity index (χ2v) is 8.38. The predicted octanol–water partition coefficient (Wildman–Crippen LogP) is 4.55. The molecule has 2 aromatic carbocycles. The first-order chi connectivity index (χ1) is 16.0. The maximum Gasteiger partial charge on any atom is 0.239 e. The number of aromatic nitrogens is 2. The average Bonchev–Trinajstić information content (AvgIpc) is 2.83. The van der Waals surface area contributed by atoms with Crippen LogP contribution in [0.2, 0.25) is 5.02 Å². The summed E-state index contributed by atoms with van der Waals surface area (Å²) in [7, 11) is 2.15. The number of para-hydroxylation sites is 2. The number of anilines is 6. The molecule has 1 amide bonds. The van der Waals surface area contributed by atoms with Gasteiger partial charge in [0.15, 0.2) is 5.82 Å². The summed E-state index contributed by atoms with van der Waals surface area (Å²) in [4.78, 5) is 25.2. The van der Waals surface area contributed by atoms with E-state index in [4.69, 9.17) is 23.2 Å². The lowest BCUT2D eigenvalue weighted by molar-refractivity contribution is -0.113. The topological polar surface area (TPSA) is 85.4 Å². The Bertz CT molecular complexity index is 1100. The van der Waals surface area contributed by atoms with Crippen molar-refractivity contribution in [1.29, 1.82) is 0 Å². The number of nitrogens with one attached hydrogen (secondary N) is 3. The number of carbonyl (C=O) groups excluding carboxylic acids is 1. The van der Waals surface area contributed by atoms with E-state index in [2.05, 4.69) is 54.9 Å². The van der Waals surface area contributed by atoms with Crippen molar-refractivity contribution >= 4 is 63.6 Å². The van der Waals surface area contributed by atoms with Crippen LogP contribution in [0.1, 0.15) is 0 Å². The van der Waals surface area contributed by atoms with Crippen molar-refractivity contribution in [3.63, 3.8) is 0 Å². The number of hydrogen-bond donors (Lipinski definition) is 3. The van der Waals surface area contributed by atoms with Crippen LogP contribution in [-0.4, -0.2) is 59.9 Å². The molecule has 4 rings (SSSR count). The van der Waals surface area contributed by atoms with Gasteiger partial charge in [-0.2, -0.15) is 4.98 Å². The molecule has 10 heteroatoms. The summed E-state index contributed by atoms with van der Waals surface area (Å²) in [5.41, 5.74) is 3.28. The van der Waals surface area contributed by atoms with Crippen LogP contribution in [0.4, 0.5) is 34.5 Å². The third kappa shape index (κ3) is 6.04. The molecule has 3 aromatic rings. The van der Waals surface area contributed by atoms with E-state index in [1.165, 1.54) is 11.9 Å². The fourth-order valence-corrected chi connectivity index (χ4v) is 3.68. The molecule has 0 atom stereocenters. The van der Waals surface area contributed by atoms with E-state index in [1.54, 1.807) is 6.07 Å². The van der Waals surface area contributed by atoms with Crippen molar-refractivity contribution in [1.82, 2.24) is 14.9 Å². The number of likely N-dealkylation sites (N-methyl/N-ethyl adjacent to an activating group) is 1. The quantitative estimate of drug-likeness (QED) is 0.423. The highest BCUT2D eigenvalue weighted by Crippen LogP contribution is 2.29. The van der Waals surface area contributed by atoms with Gasteiger partial charge in [0.2, 0.25) is 11.9 Å². The van der Waals surface area contributed by atoms with Crippen molar-refractivity contribution in [3.05, 3.63) is 59.8 Å². The molecule has 1 saturated heterocycles. The van der Waals surface area contributed by atoms with Gasteiger partial charge in [-0.05, 0) is 43.4 Å². The standard InChI is InChI=1S/C23H25Cl2N7O/c1-31-10-12-32(13-11-31)17-8-6-16(7-9-17)27-23-26-15-18(25)22(30-23)29-20-5-3-2-4-19(20)28-21(33)14-24/h2-9,15H,10-14H2,1H3,(H,28,33)(H2,26,27,29,30). The molecule has 1 aromatic heterocycles. The number of benzene rings is 2. The summed E-state index contributed by atoms with van der Waals surface area (Å²) >= 11 is 11.9. The van der Waals surface area contributed by atoms with E-state index >= 15 is 0 Å². The third-order valence-electron chi connectivity index (χ3n) is 5.31. The number of hydrogen-bond acceptors (Lipinski definition) is 7. The highest BCUT2D eigenvalue weighted by Gasteiger charge is 2.14. The Morgan fingerprint density at radius 3 is 2.39 bits per heavy atom. The maximum absolute atomic E-state index is 11.7. The molecule has 0 aliphatic carbocycles. The normalized spacial score (nSPS) is 14.1. The Balaban J connectivity index is 1.46. The molecule has 1 aliphatic heterocycles. The fourth-order valence-electron chi connectivity index (χ4n) is 3.48. The zero-order valence-electron chi connectivity index (χ0n) is 18.2. The lowest BCUT2D eigenvalue weighted by Gasteiger charge is -2.34. The number of amides is 1. The van der Waals surface area contributed by atoms with Crippen molar-refractivity contribution < 1.29 is 4.79 Å². The van der Waals surface area contributed by atoms with Gasteiger partial charge in [0, 0.05) is 37.6 Å². The van der Waals surface area contributed by atoms with Gasteiger partial charge in [0.05, 0.1) is 17.6 Å². The SMILES string of the molecule is CN1CCN(c2ccc(Nc3ncc(Cl)c(Nc4ccccc4NC(=O)CCl)n3)cc2)CC1. The Morgan fingerprint density at radius 1 is 1.00 bits per heavy atom. The minimum absolute atomic E-state index is 0.135. The van der Waals surface area contributed by atoms with Gasteiger partial charge in [-0.25, -0.2) is 4.98 Å². The summed E-state index contributed by atoms with van der Waals surface area (Å²) in [5, 5.41) is 9.47. The van der Waals surface area contributed by atoms with Crippen LogP contribution in [0.25, 0.3) is 0 Å². The number of rotatable bonds is 7. The highest BCUT2D eigenvalue weighted by atomic mass is 35.5. The predicted molar refractivity (Wildman–Crippen MR) is 136 cm³/mol. The summed E-state index contributed by atoms with van der Waals surface area (Å²) in [6.07, 6.45) is 1.53. The van der Waals surface area contributed by atoms with Gasteiger partial charge in [-0.1, -0.05) is 23.7 Å². The van der Waals surface area contributed by atoms with Crippen LogP contribution < -0.4 is 20.9 Å². The van der Waals surface area contributed by atoms with E-state index < -0.39 is 0 Å². The molecule has 1 fully saturated rings. The summed E-state index contributed by atoms with van der Waals surface area (Å²) < 4.78 is 0. The van der Waals surface area contributed by atoms with E-state index in [9.17, 15) is 4.79 Å². The highest BCUT2D eigenvalue weighted by molar-refractivity contribution is 6.33. The number of carbonyl (C=O) groups is 1. The lowest BCUT2D eigenvalue weighted by atomic mass is 10.2. The number of piperazine rings is 1. The number of halogens is 2. The molecule has 0 bridgehead atoms. The maximum atomic E-state index is 11.7. The fraction of sp³-hybridized carbons (Fsp3) is 0.261. The first kappa shape index (κ1) is 23.1. The molecule has 172 valence electrons. The van der Waals surface area contributed by atoms with Crippen LogP contribution in [0, 0.1) is 0 Å². The molecular weight excluding hydrogens is 461 g/mol. The van der Waals surface area contributed by atoms with Crippen LogP contribution >= 0.6 is 23.2 Å². The molecule has 0 saturated carbocycles. The van der Waals surface area contributed by atoms with Gasteiger partial charge in [0.1, 0.15) is 10.9 Å². The first-order valence-electron chi connectivity index (χ1n) is 10.6. The monoisotopic (exact) mass is 485 g/mol. The minimum Gasteiger partial charge on any atom is -0.369 e. The van der Waals surface area contributed by atoms with Crippen molar-refractivity contribution in [2.24, 2.45) is 0 Å². The van der Waals surface area contributed by atoms with Gasteiger partial charge in [-0.15, -0.1) is 11.6 Å². The molecular formula is C23H25Cl2N7O. The first-order valence-corrected chi connectivity index (χ1v) is 11.5. The third-order valence-corrected chi connectivity index (χ3v) is 5.83. The minimum atomic E-state index is -0.304.